The van der Waals surface area contributed by atoms with Crippen LogP contribution in [0.2, 0.25) is 5.02 Å². The zero-order valence-electron chi connectivity index (χ0n) is 18.7. The van der Waals surface area contributed by atoms with Gasteiger partial charge in [-0.1, -0.05) is 41.9 Å². The fourth-order valence-corrected chi connectivity index (χ4v) is 5.00. The molecule has 1 aliphatic heterocycles. The van der Waals surface area contributed by atoms with Crippen LogP contribution in [0.15, 0.2) is 77.7 Å². The third kappa shape index (κ3) is 6.19. The highest BCUT2D eigenvalue weighted by Crippen LogP contribution is 2.25. The Hall–Kier alpha value is -3.40. The van der Waals surface area contributed by atoms with E-state index in [1.165, 1.54) is 30.3 Å². The summed E-state index contributed by atoms with van der Waals surface area (Å²) < 4.78 is 33.0. The van der Waals surface area contributed by atoms with Crippen molar-refractivity contribution in [1.29, 1.82) is 0 Å². The predicted molar refractivity (Wildman–Crippen MR) is 134 cm³/mol. The van der Waals surface area contributed by atoms with E-state index in [1.54, 1.807) is 42.5 Å². The number of rotatable bonds is 8. The van der Waals surface area contributed by atoms with Gasteiger partial charge >= 0.3 is 0 Å². The molecule has 1 fully saturated rings. The summed E-state index contributed by atoms with van der Waals surface area (Å²) in [5.41, 5.74) is 0.975. The van der Waals surface area contributed by atoms with Gasteiger partial charge in [-0.05, 0) is 55.3 Å². The molecule has 2 amide bonds. The first kappa shape index (κ1) is 24.7. The van der Waals surface area contributed by atoms with Gasteiger partial charge in [0.15, 0.2) is 0 Å². The average molecular weight is 514 g/mol. The molecule has 1 saturated heterocycles. The molecule has 3 N–H and O–H groups in total. The maximum atomic E-state index is 12.9. The molecule has 35 heavy (non-hydrogen) atoms. The summed E-state index contributed by atoms with van der Waals surface area (Å²) in [6, 6.07) is 18.8. The summed E-state index contributed by atoms with van der Waals surface area (Å²) in [4.78, 5) is 25.7. The molecular weight excluding hydrogens is 490 g/mol. The van der Waals surface area contributed by atoms with Gasteiger partial charge in [-0.2, -0.15) is 0 Å². The van der Waals surface area contributed by atoms with Gasteiger partial charge in [-0.3, -0.25) is 14.3 Å². The molecule has 0 saturated carbocycles. The van der Waals surface area contributed by atoms with E-state index in [0.717, 1.165) is 12.8 Å². The van der Waals surface area contributed by atoms with Crippen molar-refractivity contribution >= 4 is 44.8 Å². The molecule has 1 atom stereocenters. The fraction of sp³-hybridized carbons (Fsp3) is 0.200. The van der Waals surface area contributed by atoms with Gasteiger partial charge < -0.3 is 15.4 Å². The summed E-state index contributed by atoms with van der Waals surface area (Å²) in [6.45, 7) is 1.09. The Labute approximate surface area is 208 Å². The highest BCUT2D eigenvalue weighted by Gasteiger charge is 2.20. The van der Waals surface area contributed by atoms with Gasteiger partial charge in [0.2, 0.25) is 0 Å². The van der Waals surface area contributed by atoms with E-state index in [-0.39, 0.29) is 33.2 Å². The molecule has 8 nitrogen and oxygen atoms in total. The Balaban J connectivity index is 1.45. The molecule has 0 aromatic heterocycles. The van der Waals surface area contributed by atoms with Crippen LogP contribution in [-0.4, -0.2) is 39.5 Å². The second kappa shape index (κ2) is 10.9. The van der Waals surface area contributed by atoms with Gasteiger partial charge in [0.25, 0.3) is 21.8 Å². The van der Waals surface area contributed by atoms with Gasteiger partial charge in [0.1, 0.15) is 0 Å². The van der Waals surface area contributed by atoms with Crippen molar-refractivity contribution in [3.05, 3.63) is 88.9 Å². The Morgan fingerprint density at radius 3 is 2.40 bits per heavy atom. The summed E-state index contributed by atoms with van der Waals surface area (Å²) >= 11 is 6.30. The smallest absolute Gasteiger partial charge is 0.261 e. The van der Waals surface area contributed by atoms with Crippen LogP contribution >= 0.6 is 11.6 Å². The molecule has 0 bridgehead atoms. The first-order chi connectivity index (χ1) is 16.8. The lowest BCUT2D eigenvalue weighted by molar-refractivity contribution is 0.0858. The third-order valence-corrected chi connectivity index (χ3v) is 7.16. The van der Waals surface area contributed by atoms with Crippen molar-refractivity contribution in [2.45, 2.75) is 23.8 Å². The van der Waals surface area contributed by atoms with Crippen LogP contribution in [0, 0.1) is 0 Å². The minimum Gasteiger partial charge on any atom is -0.376 e. The van der Waals surface area contributed by atoms with Crippen LogP contribution in [0.4, 0.5) is 11.4 Å². The highest BCUT2D eigenvalue weighted by molar-refractivity contribution is 7.92. The number of benzene rings is 3. The molecular formula is C25H24ClN3O5S. The lowest BCUT2D eigenvalue weighted by Gasteiger charge is -2.14. The fourth-order valence-electron chi connectivity index (χ4n) is 3.66. The van der Waals surface area contributed by atoms with Crippen molar-refractivity contribution in [3.8, 4) is 0 Å². The molecule has 0 unspecified atom stereocenters. The number of amides is 2. The Morgan fingerprint density at radius 1 is 0.943 bits per heavy atom. The normalized spacial score (nSPS) is 15.4. The molecule has 3 aromatic carbocycles. The van der Waals surface area contributed by atoms with Gasteiger partial charge in [0.05, 0.1) is 38.5 Å². The number of anilines is 2. The molecule has 10 heteroatoms. The lowest BCUT2D eigenvalue weighted by Crippen LogP contribution is -2.32. The quantitative estimate of drug-likeness (QED) is 0.415. The second-order valence-corrected chi connectivity index (χ2v) is 10.0. The zero-order chi connectivity index (χ0) is 24.8. The largest absolute Gasteiger partial charge is 0.376 e. The zero-order valence-corrected chi connectivity index (χ0v) is 20.2. The number of sulfonamides is 1. The van der Waals surface area contributed by atoms with E-state index < -0.39 is 15.9 Å². The first-order valence-electron chi connectivity index (χ1n) is 11.0. The number of para-hydroxylation sites is 1. The topological polar surface area (TPSA) is 114 Å². The van der Waals surface area contributed by atoms with Crippen LogP contribution < -0.4 is 15.4 Å². The summed E-state index contributed by atoms with van der Waals surface area (Å²) in [6.07, 6.45) is 1.87. The third-order valence-electron chi connectivity index (χ3n) is 5.45. The molecule has 0 spiro atoms. The van der Waals surface area contributed by atoms with Crippen LogP contribution in [-0.2, 0) is 14.8 Å². The van der Waals surface area contributed by atoms with Crippen molar-refractivity contribution < 1.29 is 22.7 Å². The Kier molecular flexibility index (Phi) is 7.70. The number of carbonyl (C=O) groups is 2. The molecule has 0 radical (unpaired) electrons. The molecule has 1 aliphatic rings. The minimum absolute atomic E-state index is 0.00246. The van der Waals surface area contributed by atoms with E-state index in [9.17, 15) is 18.0 Å². The number of hydrogen-bond donors (Lipinski definition) is 3. The van der Waals surface area contributed by atoms with Crippen LogP contribution in [0.3, 0.4) is 0 Å². The van der Waals surface area contributed by atoms with Gasteiger partial charge in [0, 0.05) is 13.2 Å². The molecule has 0 aliphatic carbocycles. The minimum atomic E-state index is -3.80. The predicted octanol–water partition coefficient (Wildman–Crippen LogP) is 4.30. The lowest BCUT2D eigenvalue weighted by atomic mass is 10.1. The number of nitrogens with one attached hydrogen (secondary N) is 3. The highest BCUT2D eigenvalue weighted by atomic mass is 35.5. The standard InChI is InChI=1S/C25H24ClN3O5S/c26-22-15-17(29-35(32,33)19-8-2-1-3-9-19)12-13-20(22)25(31)28-23-11-5-4-10-21(23)24(30)27-16-18-7-6-14-34-18/h1-5,8-13,15,18,29H,6-7,14,16H2,(H,27,30)(H,28,31)/t18-/m0/s1. The number of hydrogen-bond acceptors (Lipinski definition) is 5. The average Bonchev–Trinajstić information content (AvgIpc) is 3.37. The van der Waals surface area contributed by atoms with Crippen LogP contribution in [0.25, 0.3) is 0 Å². The van der Waals surface area contributed by atoms with Gasteiger partial charge in [-0.25, -0.2) is 8.42 Å². The van der Waals surface area contributed by atoms with Crippen molar-refractivity contribution in [1.82, 2.24) is 5.32 Å². The van der Waals surface area contributed by atoms with E-state index in [2.05, 4.69) is 15.4 Å². The van der Waals surface area contributed by atoms with Crippen molar-refractivity contribution in [2.75, 3.05) is 23.2 Å². The first-order valence-corrected chi connectivity index (χ1v) is 12.9. The Morgan fingerprint density at radius 2 is 1.69 bits per heavy atom. The van der Waals surface area contributed by atoms with Crippen LogP contribution in [0.1, 0.15) is 33.6 Å². The molecule has 1 heterocycles. The summed E-state index contributed by atoms with van der Waals surface area (Å²) in [5, 5.41) is 5.61. The number of carbonyl (C=O) groups excluding carboxylic acids is 2. The van der Waals surface area contributed by atoms with Crippen molar-refractivity contribution in [2.24, 2.45) is 0 Å². The maximum absolute atomic E-state index is 12.9. The van der Waals surface area contributed by atoms with E-state index in [4.69, 9.17) is 16.3 Å². The van der Waals surface area contributed by atoms with Gasteiger partial charge in [-0.15, -0.1) is 0 Å². The van der Waals surface area contributed by atoms with Crippen LogP contribution in [0.5, 0.6) is 0 Å². The van der Waals surface area contributed by atoms with E-state index in [0.29, 0.717) is 24.4 Å². The van der Waals surface area contributed by atoms with E-state index >= 15 is 0 Å². The molecule has 182 valence electrons. The monoisotopic (exact) mass is 513 g/mol. The molecule has 3 aromatic rings. The Bertz CT molecular complexity index is 1330. The molecule has 4 rings (SSSR count). The summed E-state index contributed by atoms with van der Waals surface area (Å²) in [7, 11) is -3.80. The number of ether oxygens (including phenoxy) is 1. The maximum Gasteiger partial charge on any atom is 0.261 e. The van der Waals surface area contributed by atoms with E-state index in [1.807, 2.05) is 0 Å². The SMILES string of the molecule is O=C(Nc1ccccc1C(=O)NC[C@@H]1CCCO1)c1ccc(NS(=O)(=O)c2ccccc2)cc1Cl. The summed E-state index contributed by atoms with van der Waals surface area (Å²) in [5.74, 6) is -0.861. The number of halogens is 1. The van der Waals surface area contributed by atoms with Crippen molar-refractivity contribution in [3.63, 3.8) is 0 Å². The second-order valence-electron chi connectivity index (χ2n) is 7.96.